The first-order valence-corrected chi connectivity index (χ1v) is 10.4. The molecule has 5 nitrogen and oxygen atoms in total. The molecule has 1 N–H and O–H groups in total. The van der Waals surface area contributed by atoms with Crippen molar-refractivity contribution in [3.63, 3.8) is 0 Å². The van der Waals surface area contributed by atoms with Crippen LogP contribution in [0.1, 0.15) is 17.2 Å². The average molecular weight is 459 g/mol. The zero-order valence-corrected chi connectivity index (χ0v) is 19.1. The summed E-state index contributed by atoms with van der Waals surface area (Å²) in [5, 5.41) is 3.84. The van der Waals surface area contributed by atoms with Crippen molar-refractivity contribution in [1.29, 1.82) is 0 Å². The van der Waals surface area contributed by atoms with Crippen LogP contribution in [0, 0.1) is 0 Å². The number of rotatable bonds is 8. The SMILES string of the molecule is COc1cccc(CN(C)[C@H](C(=O)Nc2cc(Cl)cc(Cl)c2)c2ccccc2)c1OC. The molecule has 0 spiro atoms. The second-order valence-electron chi connectivity index (χ2n) is 7.03. The number of halogens is 2. The summed E-state index contributed by atoms with van der Waals surface area (Å²) in [5.74, 6) is 1.09. The standard InChI is InChI=1S/C24H24Cl2N2O3/c1-28(15-17-10-7-11-21(30-2)23(17)31-3)22(16-8-5-4-6-9-16)24(29)27-20-13-18(25)12-19(26)14-20/h4-14,22H,15H2,1-3H3,(H,27,29)/t22-/m0/s1. The van der Waals surface area contributed by atoms with Gasteiger partial charge in [-0.15, -0.1) is 0 Å². The molecule has 31 heavy (non-hydrogen) atoms. The van der Waals surface area contributed by atoms with E-state index in [1.807, 2.05) is 60.5 Å². The number of ether oxygens (including phenoxy) is 2. The van der Waals surface area contributed by atoms with Crippen molar-refractivity contribution in [2.45, 2.75) is 12.6 Å². The molecule has 1 amide bonds. The highest BCUT2D eigenvalue weighted by molar-refractivity contribution is 6.35. The van der Waals surface area contributed by atoms with Crippen LogP contribution < -0.4 is 14.8 Å². The number of anilines is 1. The molecular weight excluding hydrogens is 435 g/mol. The van der Waals surface area contributed by atoms with Crippen LogP contribution in [-0.2, 0) is 11.3 Å². The van der Waals surface area contributed by atoms with Crippen LogP contribution in [0.2, 0.25) is 10.0 Å². The van der Waals surface area contributed by atoms with E-state index >= 15 is 0 Å². The lowest BCUT2D eigenvalue weighted by atomic mass is 10.0. The Balaban J connectivity index is 1.91. The Hall–Kier alpha value is -2.73. The Morgan fingerprint density at radius 2 is 1.65 bits per heavy atom. The van der Waals surface area contributed by atoms with Gasteiger partial charge in [0.25, 0.3) is 0 Å². The maximum absolute atomic E-state index is 13.4. The number of carbonyl (C=O) groups excluding carboxylic acids is 1. The van der Waals surface area contributed by atoms with Crippen LogP contribution in [0.15, 0.2) is 66.7 Å². The van der Waals surface area contributed by atoms with Crippen LogP contribution in [0.4, 0.5) is 5.69 Å². The van der Waals surface area contributed by atoms with E-state index < -0.39 is 6.04 Å². The average Bonchev–Trinajstić information content (AvgIpc) is 2.73. The fourth-order valence-corrected chi connectivity index (χ4v) is 4.04. The van der Waals surface area contributed by atoms with Gasteiger partial charge in [-0.3, -0.25) is 9.69 Å². The van der Waals surface area contributed by atoms with E-state index in [1.165, 1.54) is 0 Å². The van der Waals surface area contributed by atoms with Crippen molar-refractivity contribution in [2.75, 3.05) is 26.6 Å². The highest BCUT2D eigenvalue weighted by Crippen LogP contribution is 2.33. The van der Waals surface area contributed by atoms with Crippen molar-refractivity contribution in [2.24, 2.45) is 0 Å². The van der Waals surface area contributed by atoms with Gasteiger partial charge in [-0.1, -0.05) is 65.7 Å². The van der Waals surface area contributed by atoms with E-state index in [1.54, 1.807) is 32.4 Å². The molecule has 3 aromatic rings. The maximum atomic E-state index is 13.4. The molecule has 0 saturated carbocycles. The van der Waals surface area contributed by atoms with Gasteiger partial charge in [-0.25, -0.2) is 0 Å². The number of benzene rings is 3. The maximum Gasteiger partial charge on any atom is 0.246 e. The summed E-state index contributed by atoms with van der Waals surface area (Å²) >= 11 is 12.2. The van der Waals surface area contributed by atoms with E-state index in [2.05, 4.69) is 5.32 Å². The highest BCUT2D eigenvalue weighted by atomic mass is 35.5. The molecule has 162 valence electrons. The lowest BCUT2D eigenvalue weighted by molar-refractivity contribution is -0.121. The minimum absolute atomic E-state index is 0.200. The van der Waals surface area contributed by atoms with E-state index in [9.17, 15) is 4.79 Å². The van der Waals surface area contributed by atoms with Crippen LogP contribution >= 0.6 is 23.2 Å². The summed E-state index contributed by atoms with van der Waals surface area (Å²) < 4.78 is 11.0. The molecule has 0 saturated heterocycles. The Bertz CT molecular complexity index is 1020. The normalized spacial score (nSPS) is 11.8. The summed E-state index contributed by atoms with van der Waals surface area (Å²) in [4.78, 5) is 15.3. The summed E-state index contributed by atoms with van der Waals surface area (Å²) in [6.45, 7) is 0.462. The van der Waals surface area contributed by atoms with Gasteiger partial charge in [0, 0.05) is 27.8 Å². The molecule has 0 heterocycles. The highest BCUT2D eigenvalue weighted by Gasteiger charge is 2.26. The zero-order chi connectivity index (χ0) is 22.4. The van der Waals surface area contributed by atoms with Gasteiger partial charge in [0.2, 0.25) is 5.91 Å². The third-order valence-corrected chi connectivity index (χ3v) is 5.28. The molecule has 7 heteroatoms. The number of hydrogen-bond acceptors (Lipinski definition) is 4. The molecule has 0 aliphatic carbocycles. The van der Waals surface area contributed by atoms with Gasteiger partial charge in [-0.2, -0.15) is 0 Å². The number of para-hydroxylation sites is 1. The topological polar surface area (TPSA) is 50.8 Å². The van der Waals surface area contributed by atoms with Crippen molar-refractivity contribution < 1.29 is 14.3 Å². The monoisotopic (exact) mass is 458 g/mol. The minimum atomic E-state index is -0.560. The van der Waals surface area contributed by atoms with Crippen molar-refractivity contribution in [3.8, 4) is 11.5 Å². The number of hydrogen-bond donors (Lipinski definition) is 1. The van der Waals surface area contributed by atoms with Gasteiger partial charge in [-0.05, 0) is 36.9 Å². The molecule has 0 bridgehead atoms. The molecule has 0 aliphatic heterocycles. The first kappa shape index (κ1) is 22.9. The third kappa shape index (κ3) is 5.70. The number of nitrogens with zero attached hydrogens (tertiary/aromatic N) is 1. The summed E-state index contributed by atoms with van der Waals surface area (Å²) in [6.07, 6.45) is 0. The summed E-state index contributed by atoms with van der Waals surface area (Å²) in [5.41, 5.74) is 2.30. The molecule has 0 fully saturated rings. The van der Waals surface area contributed by atoms with E-state index in [4.69, 9.17) is 32.7 Å². The zero-order valence-electron chi connectivity index (χ0n) is 17.6. The van der Waals surface area contributed by atoms with Gasteiger partial charge in [0.15, 0.2) is 11.5 Å². The van der Waals surface area contributed by atoms with E-state index in [0.717, 1.165) is 11.1 Å². The van der Waals surface area contributed by atoms with Crippen LogP contribution in [0.5, 0.6) is 11.5 Å². The smallest absolute Gasteiger partial charge is 0.246 e. The van der Waals surface area contributed by atoms with Gasteiger partial charge in [0.05, 0.1) is 14.2 Å². The van der Waals surface area contributed by atoms with Crippen LogP contribution in [-0.4, -0.2) is 32.1 Å². The predicted molar refractivity (Wildman–Crippen MR) is 125 cm³/mol. The summed E-state index contributed by atoms with van der Waals surface area (Å²) in [6, 6.07) is 19.7. The van der Waals surface area contributed by atoms with Crippen molar-refractivity contribution >= 4 is 34.8 Å². The molecule has 0 unspecified atom stereocenters. The number of carbonyl (C=O) groups is 1. The second-order valence-corrected chi connectivity index (χ2v) is 7.90. The number of amides is 1. The van der Waals surface area contributed by atoms with E-state index in [-0.39, 0.29) is 5.91 Å². The Morgan fingerprint density at radius 3 is 2.26 bits per heavy atom. The van der Waals surface area contributed by atoms with Crippen molar-refractivity contribution in [1.82, 2.24) is 4.90 Å². The van der Waals surface area contributed by atoms with Gasteiger partial charge < -0.3 is 14.8 Å². The molecule has 0 radical (unpaired) electrons. The van der Waals surface area contributed by atoms with Crippen LogP contribution in [0.25, 0.3) is 0 Å². The first-order valence-electron chi connectivity index (χ1n) is 9.65. The fourth-order valence-electron chi connectivity index (χ4n) is 3.52. The quantitative estimate of drug-likeness (QED) is 0.461. The molecule has 1 atom stereocenters. The second kappa shape index (κ2) is 10.5. The molecular formula is C24H24Cl2N2O3. The Labute approximate surface area is 192 Å². The molecule has 0 aliphatic rings. The molecule has 0 aromatic heterocycles. The minimum Gasteiger partial charge on any atom is -0.493 e. The lowest BCUT2D eigenvalue weighted by Crippen LogP contribution is -2.34. The number of methoxy groups -OCH3 is 2. The number of likely N-dealkylation sites (N-methyl/N-ethyl adjacent to an activating group) is 1. The third-order valence-electron chi connectivity index (χ3n) is 4.84. The first-order chi connectivity index (χ1) is 14.9. The largest absolute Gasteiger partial charge is 0.493 e. The lowest BCUT2D eigenvalue weighted by Gasteiger charge is -2.28. The van der Waals surface area contributed by atoms with Crippen molar-refractivity contribution in [3.05, 3.63) is 87.9 Å². The Kier molecular flexibility index (Phi) is 7.80. The summed E-state index contributed by atoms with van der Waals surface area (Å²) in [7, 11) is 5.09. The van der Waals surface area contributed by atoms with Gasteiger partial charge in [0.1, 0.15) is 6.04 Å². The predicted octanol–water partition coefficient (Wildman–Crippen LogP) is 5.82. The van der Waals surface area contributed by atoms with Crippen LogP contribution in [0.3, 0.4) is 0 Å². The number of nitrogens with one attached hydrogen (secondary N) is 1. The fraction of sp³-hybridized carbons (Fsp3) is 0.208. The molecule has 3 aromatic carbocycles. The molecule has 3 rings (SSSR count). The van der Waals surface area contributed by atoms with Gasteiger partial charge >= 0.3 is 0 Å². The van der Waals surface area contributed by atoms with E-state index in [0.29, 0.717) is 33.8 Å². The Morgan fingerprint density at radius 1 is 0.968 bits per heavy atom.